The van der Waals surface area contributed by atoms with Crippen molar-refractivity contribution in [2.45, 2.75) is 11.8 Å². The molecule has 1 aromatic heterocycles. The lowest BCUT2D eigenvalue weighted by molar-refractivity contribution is 0.0954. The van der Waals surface area contributed by atoms with E-state index in [-0.39, 0.29) is 4.90 Å². The van der Waals surface area contributed by atoms with Crippen molar-refractivity contribution < 1.29 is 13.2 Å². The van der Waals surface area contributed by atoms with Crippen LogP contribution < -0.4 is 11.3 Å². The first-order chi connectivity index (χ1) is 11.3. The quantitative estimate of drug-likeness (QED) is 0.275. The minimum atomic E-state index is -3.71. The van der Waals surface area contributed by atoms with Crippen molar-refractivity contribution in [2.24, 2.45) is 5.84 Å². The van der Waals surface area contributed by atoms with Gasteiger partial charge in [0.15, 0.2) is 0 Å². The summed E-state index contributed by atoms with van der Waals surface area (Å²) in [5.41, 5.74) is 3.93. The molecule has 0 radical (unpaired) electrons. The molecule has 8 heteroatoms. The smallest absolute Gasteiger partial charge is 0.268 e. The zero-order chi connectivity index (χ0) is 17.5. The molecule has 0 aliphatic carbocycles. The molecule has 6 nitrogen and oxygen atoms in total. The van der Waals surface area contributed by atoms with Crippen molar-refractivity contribution in [2.75, 3.05) is 0 Å². The second kappa shape index (κ2) is 6.19. The SMILES string of the molecule is Cc1ccc(S(=O)(=O)n2cc(I)c3cc(C(=O)NN)ccc32)cc1. The fourth-order valence-corrected chi connectivity index (χ4v) is 4.68. The molecule has 0 aliphatic rings. The van der Waals surface area contributed by atoms with Gasteiger partial charge in [0.2, 0.25) is 0 Å². The zero-order valence-corrected chi connectivity index (χ0v) is 15.6. The summed E-state index contributed by atoms with van der Waals surface area (Å²) in [4.78, 5) is 11.9. The van der Waals surface area contributed by atoms with Crippen LogP contribution in [0.2, 0.25) is 0 Å². The molecule has 124 valence electrons. The lowest BCUT2D eigenvalue weighted by Gasteiger charge is -2.08. The number of carbonyl (C=O) groups is 1. The lowest BCUT2D eigenvalue weighted by Crippen LogP contribution is -2.29. The van der Waals surface area contributed by atoms with Crippen LogP contribution in [0, 0.1) is 10.5 Å². The molecule has 0 saturated heterocycles. The van der Waals surface area contributed by atoms with Crippen LogP contribution in [0.4, 0.5) is 0 Å². The van der Waals surface area contributed by atoms with Crippen molar-refractivity contribution in [1.82, 2.24) is 9.40 Å². The summed E-state index contributed by atoms with van der Waals surface area (Å²) in [6.45, 7) is 1.90. The van der Waals surface area contributed by atoms with E-state index < -0.39 is 15.9 Å². The number of hydrazine groups is 1. The van der Waals surface area contributed by atoms with Gasteiger partial charge in [-0.3, -0.25) is 10.2 Å². The number of fused-ring (bicyclic) bond motifs is 1. The number of nitrogens with one attached hydrogen (secondary N) is 1. The van der Waals surface area contributed by atoms with Crippen LogP contribution in [-0.2, 0) is 10.0 Å². The van der Waals surface area contributed by atoms with Crippen LogP contribution in [0.1, 0.15) is 15.9 Å². The van der Waals surface area contributed by atoms with Crippen molar-refractivity contribution in [3.8, 4) is 0 Å². The number of hydrogen-bond acceptors (Lipinski definition) is 4. The first-order valence-electron chi connectivity index (χ1n) is 6.98. The Bertz CT molecular complexity index is 1040. The Morgan fingerprint density at radius 3 is 2.46 bits per heavy atom. The molecule has 1 heterocycles. The molecule has 2 aromatic carbocycles. The molecule has 0 unspecified atom stereocenters. The fraction of sp³-hybridized carbons (Fsp3) is 0.0625. The first kappa shape index (κ1) is 16.9. The van der Waals surface area contributed by atoms with E-state index in [0.29, 0.717) is 16.5 Å². The average molecular weight is 455 g/mol. The van der Waals surface area contributed by atoms with Crippen molar-refractivity contribution in [3.05, 3.63) is 63.4 Å². The second-order valence-electron chi connectivity index (χ2n) is 5.30. The van der Waals surface area contributed by atoms with Gasteiger partial charge in [0.05, 0.1) is 10.4 Å². The molecule has 0 atom stereocenters. The number of aromatic nitrogens is 1. The molecule has 0 saturated carbocycles. The molecule has 3 aromatic rings. The van der Waals surface area contributed by atoms with Crippen LogP contribution in [-0.4, -0.2) is 18.3 Å². The fourth-order valence-electron chi connectivity index (χ4n) is 2.41. The van der Waals surface area contributed by atoms with Crippen molar-refractivity contribution >= 4 is 49.4 Å². The van der Waals surface area contributed by atoms with Gasteiger partial charge in [0, 0.05) is 20.7 Å². The zero-order valence-electron chi connectivity index (χ0n) is 12.7. The first-order valence-corrected chi connectivity index (χ1v) is 9.50. The number of nitrogens with two attached hydrogens (primary N) is 1. The highest BCUT2D eigenvalue weighted by molar-refractivity contribution is 14.1. The molecule has 24 heavy (non-hydrogen) atoms. The Morgan fingerprint density at radius 1 is 1.17 bits per heavy atom. The predicted molar refractivity (Wildman–Crippen MR) is 100 cm³/mol. The van der Waals surface area contributed by atoms with E-state index in [0.717, 1.165) is 9.13 Å². The highest BCUT2D eigenvalue weighted by Gasteiger charge is 2.21. The predicted octanol–water partition coefficient (Wildman–Crippen LogP) is 2.39. The van der Waals surface area contributed by atoms with E-state index in [2.05, 4.69) is 5.43 Å². The maximum atomic E-state index is 12.9. The number of nitrogens with zero attached hydrogens (tertiary/aromatic N) is 1. The average Bonchev–Trinajstić information content (AvgIpc) is 2.91. The van der Waals surface area contributed by atoms with Crippen molar-refractivity contribution in [1.29, 1.82) is 0 Å². The Labute approximate surface area is 152 Å². The van der Waals surface area contributed by atoms with Crippen molar-refractivity contribution in [3.63, 3.8) is 0 Å². The third-order valence-electron chi connectivity index (χ3n) is 3.69. The third-order valence-corrected chi connectivity index (χ3v) is 6.24. The summed E-state index contributed by atoms with van der Waals surface area (Å²) in [7, 11) is -3.71. The number of aryl methyl sites for hydroxylation is 1. The molecule has 0 bridgehead atoms. The third kappa shape index (κ3) is 2.80. The molecular weight excluding hydrogens is 441 g/mol. The van der Waals surface area contributed by atoms with Gasteiger partial charge >= 0.3 is 0 Å². The number of hydrogen-bond donors (Lipinski definition) is 2. The maximum Gasteiger partial charge on any atom is 0.268 e. The number of nitrogen functional groups attached to an aromatic ring is 1. The van der Waals surface area contributed by atoms with E-state index in [1.165, 1.54) is 3.97 Å². The summed E-state index contributed by atoms with van der Waals surface area (Å²) in [6.07, 6.45) is 1.55. The highest BCUT2D eigenvalue weighted by atomic mass is 127. The van der Waals surface area contributed by atoms with Gasteiger partial charge in [-0.1, -0.05) is 17.7 Å². The van der Waals surface area contributed by atoms with Gasteiger partial charge in [-0.25, -0.2) is 18.2 Å². The van der Waals surface area contributed by atoms with Gasteiger partial charge in [0.25, 0.3) is 15.9 Å². The summed E-state index contributed by atoms with van der Waals surface area (Å²) < 4.78 is 27.8. The highest BCUT2D eigenvalue weighted by Crippen LogP contribution is 2.28. The normalized spacial score (nSPS) is 11.6. The van der Waals surface area contributed by atoms with E-state index in [1.54, 1.807) is 48.7 Å². The molecule has 0 spiro atoms. The van der Waals surface area contributed by atoms with E-state index >= 15 is 0 Å². The van der Waals surface area contributed by atoms with Crippen LogP contribution in [0.25, 0.3) is 10.9 Å². The molecule has 1 amide bonds. The van der Waals surface area contributed by atoms with Crippen LogP contribution >= 0.6 is 22.6 Å². The Morgan fingerprint density at radius 2 is 1.83 bits per heavy atom. The van der Waals surface area contributed by atoms with Gasteiger partial charge in [-0.2, -0.15) is 0 Å². The van der Waals surface area contributed by atoms with E-state index in [1.807, 2.05) is 29.5 Å². The van der Waals surface area contributed by atoms with Crippen LogP contribution in [0.15, 0.2) is 53.6 Å². The summed E-state index contributed by atoms with van der Waals surface area (Å²) in [5.74, 6) is 4.72. The number of halogens is 1. The summed E-state index contributed by atoms with van der Waals surface area (Å²) >= 11 is 2.05. The van der Waals surface area contributed by atoms with Crippen LogP contribution in [0.5, 0.6) is 0 Å². The van der Waals surface area contributed by atoms with Gasteiger partial charge in [-0.05, 0) is 59.8 Å². The number of carbonyl (C=O) groups excluding carboxylic acids is 1. The monoisotopic (exact) mass is 455 g/mol. The van der Waals surface area contributed by atoms with E-state index in [4.69, 9.17) is 5.84 Å². The Balaban J connectivity index is 2.20. The number of amides is 1. The summed E-state index contributed by atoms with van der Waals surface area (Å²) in [5, 5.41) is 0.674. The lowest BCUT2D eigenvalue weighted by atomic mass is 10.1. The largest absolute Gasteiger partial charge is 0.290 e. The molecular formula is C16H14IN3O3S. The summed E-state index contributed by atoms with van der Waals surface area (Å²) in [6, 6.07) is 11.5. The second-order valence-corrected chi connectivity index (χ2v) is 8.27. The molecule has 0 aliphatic heterocycles. The number of benzene rings is 2. The Kier molecular flexibility index (Phi) is 4.37. The van der Waals surface area contributed by atoms with E-state index in [9.17, 15) is 13.2 Å². The minimum Gasteiger partial charge on any atom is -0.290 e. The van der Waals surface area contributed by atoms with Gasteiger partial charge in [-0.15, -0.1) is 0 Å². The number of rotatable bonds is 3. The van der Waals surface area contributed by atoms with Gasteiger partial charge in [0.1, 0.15) is 0 Å². The van der Waals surface area contributed by atoms with Gasteiger partial charge < -0.3 is 0 Å². The topological polar surface area (TPSA) is 94.2 Å². The minimum absolute atomic E-state index is 0.213. The molecule has 3 N–H and O–H groups in total. The molecule has 0 fully saturated rings. The maximum absolute atomic E-state index is 12.9. The standard InChI is InChI=1S/C16H14IN3O3S/c1-10-2-5-12(6-3-10)24(22,23)20-9-14(17)13-8-11(16(21)19-18)4-7-15(13)20/h2-9H,18H2,1H3,(H,19,21). The van der Waals surface area contributed by atoms with Crippen LogP contribution in [0.3, 0.4) is 0 Å². The molecule has 3 rings (SSSR count). The Hall–Kier alpha value is -1.91.